The molecule has 0 atom stereocenters. The lowest BCUT2D eigenvalue weighted by Crippen LogP contribution is -2.46. The van der Waals surface area contributed by atoms with Crippen LogP contribution in [0.2, 0.25) is 0 Å². The molecule has 0 aromatic carbocycles. The average molecular weight is 375 g/mol. The molecule has 2 heterocycles. The number of hydrogen-bond acceptors (Lipinski definition) is 6. The summed E-state index contributed by atoms with van der Waals surface area (Å²) in [5, 5.41) is 6.39. The van der Waals surface area contributed by atoms with Crippen molar-refractivity contribution in [1.82, 2.24) is 20.2 Å². The highest BCUT2D eigenvalue weighted by Gasteiger charge is 2.25. The van der Waals surface area contributed by atoms with Gasteiger partial charge in [0.1, 0.15) is 5.69 Å². The number of rotatable bonds is 5. The van der Waals surface area contributed by atoms with E-state index in [9.17, 15) is 9.59 Å². The fourth-order valence-electron chi connectivity index (χ4n) is 3.68. The minimum Gasteiger partial charge on any atom is -0.450 e. The molecule has 2 amide bonds. The molecule has 0 spiro atoms. The van der Waals surface area contributed by atoms with Crippen LogP contribution in [0.5, 0.6) is 0 Å². The van der Waals surface area contributed by atoms with Crippen molar-refractivity contribution >= 4 is 17.9 Å². The third-order valence-electron chi connectivity index (χ3n) is 5.13. The Morgan fingerprint density at radius 1 is 1.15 bits per heavy atom. The first-order valence-corrected chi connectivity index (χ1v) is 9.90. The summed E-state index contributed by atoms with van der Waals surface area (Å²) >= 11 is 0. The largest absolute Gasteiger partial charge is 0.450 e. The van der Waals surface area contributed by atoms with Gasteiger partial charge in [-0.15, -0.1) is 0 Å². The van der Waals surface area contributed by atoms with Gasteiger partial charge in [-0.25, -0.2) is 14.8 Å². The molecule has 1 aliphatic heterocycles. The first-order valence-electron chi connectivity index (χ1n) is 9.90. The molecule has 0 radical (unpaired) electrons. The van der Waals surface area contributed by atoms with Crippen molar-refractivity contribution in [3.8, 4) is 0 Å². The number of piperidine rings is 1. The number of hydrogen-bond donors (Lipinski definition) is 2. The highest BCUT2D eigenvalue weighted by atomic mass is 16.6. The molecule has 1 aromatic rings. The lowest BCUT2D eigenvalue weighted by molar-refractivity contribution is 0.0856. The van der Waals surface area contributed by atoms with Crippen LogP contribution in [-0.2, 0) is 4.74 Å². The number of aryl methyl sites for hydroxylation is 1. The van der Waals surface area contributed by atoms with Gasteiger partial charge in [-0.3, -0.25) is 4.79 Å². The van der Waals surface area contributed by atoms with E-state index in [1.54, 1.807) is 17.9 Å². The lowest BCUT2D eigenvalue weighted by Gasteiger charge is -2.31. The summed E-state index contributed by atoms with van der Waals surface area (Å²) in [5.41, 5.74) is 1.16. The van der Waals surface area contributed by atoms with Crippen molar-refractivity contribution in [2.75, 3.05) is 25.0 Å². The van der Waals surface area contributed by atoms with Gasteiger partial charge < -0.3 is 20.3 Å². The molecule has 148 valence electrons. The number of carbonyl (C=O) groups excluding carboxylic acids is 2. The normalized spacial score (nSPS) is 18.4. The molecule has 2 N–H and O–H groups in total. The number of carbonyl (C=O) groups is 2. The van der Waals surface area contributed by atoms with Gasteiger partial charge in [-0.1, -0.05) is 12.8 Å². The maximum Gasteiger partial charge on any atom is 0.409 e. The Bertz CT molecular complexity index is 667. The van der Waals surface area contributed by atoms with Crippen LogP contribution in [0.4, 0.5) is 10.7 Å². The van der Waals surface area contributed by atoms with E-state index in [1.807, 2.05) is 6.92 Å². The zero-order chi connectivity index (χ0) is 19.2. The van der Waals surface area contributed by atoms with Gasteiger partial charge in [-0.2, -0.15) is 0 Å². The smallest absolute Gasteiger partial charge is 0.409 e. The predicted molar refractivity (Wildman–Crippen MR) is 102 cm³/mol. The van der Waals surface area contributed by atoms with Crippen molar-refractivity contribution in [3.63, 3.8) is 0 Å². The summed E-state index contributed by atoms with van der Waals surface area (Å²) < 4.78 is 5.02. The van der Waals surface area contributed by atoms with E-state index in [2.05, 4.69) is 20.6 Å². The van der Waals surface area contributed by atoms with Gasteiger partial charge in [0.25, 0.3) is 5.91 Å². The molecule has 1 aliphatic carbocycles. The summed E-state index contributed by atoms with van der Waals surface area (Å²) in [4.78, 5) is 34.9. The van der Waals surface area contributed by atoms with Gasteiger partial charge in [0.15, 0.2) is 0 Å². The minimum atomic E-state index is -0.281. The van der Waals surface area contributed by atoms with Gasteiger partial charge in [-0.05, 0) is 45.6 Å². The van der Waals surface area contributed by atoms with Crippen LogP contribution in [0.3, 0.4) is 0 Å². The van der Waals surface area contributed by atoms with E-state index in [1.165, 1.54) is 12.8 Å². The fraction of sp³-hybridized carbons (Fsp3) is 0.684. The van der Waals surface area contributed by atoms with E-state index in [0.29, 0.717) is 50.2 Å². The Morgan fingerprint density at radius 2 is 1.85 bits per heavy atom. The molecule has 27 heavy (non-hydrogen) atoms. The zero-order valence-electron chi connectivity index (χ0n) is 16.2. The topological polar surface area (TPSA) is 96.5 Å². The number of anilines is 1. The van der Waals surface area contributed by atoms with E-state index in [-0.39, 0.29) is 18.0 Å². The van der Waals surface area contributed by atoms with Crippen molar-refractivity contribution in [3.05, 3.63) is 17.5 Å². The third-order valence-corrected chi connectivity index (χ3v) is 5.13. The van der Waals surface area contributed by atoms with Gasteiger partial charge in [0.2, 0.25) is 5.95 Å². The first-order chi connectivity index (χ1) is 13.0. The summed E-state index contributed by atoms with van der Waals surface area (Å²) in [7, 11) is 0. The molecular formula is C19H29N5O3. The second-order valence-electron chi connectivity index (χ2n) is 7.28. The Morgan fingerprint density at radius 3 is 2.52 bits per heavy atom. The SMILES string of the molecule is CCOC(=O)N1CCC(NC(=O)c2cc(C)nc(NC3CCCC3)n2)CC1. The number of ether oxygens (including phenoxy) is 1. The maximum atomic E-state index is 12.6. The Kier molecular flexibility index (Phi) is 6.47. The predicted octanol–water partition coefficient (Wildman–Crippen LogP) is 2.49. The van der Waals surface area contributed by atoms with Crippen LogP contribution in [0.1, 0.15) is 61.6 Å². The molecule has 8 nitrogen and oxygen atoms in total. The van der Waals surface area contributed by atoms with Gasteiger partial charge in [0, 0.05) is 30.9 Å². The molecule has 1 aromatic heterocycles. The van der Waals surface area contributed by atoms with Crippen molar-refractivity contribution in [2.45, 2.75) is 64.5 Å². The van der Waals surface area contributed by atoms with E-state index in [4.69, 9.17) is 4.74 Å². The van der Waals surface area contributed by atoms with Crippen molar-refractivity contribution in [2.24, 2.45) is 0 Å². The lowest BCUT2D eigenvalue weighted by atomic mass is 10.1. The molecule has 2 fully saturated rings. The molecule has 0 bridgehead atoms. The summed E-state index contributed by atoms with van der Waals surface area (Å²) in [6.07, 6.45) is 5.83. The number of likely N-dealkylation sites (tertiary alicyclic amines) is 1. The zero-order valence-corrected chi connectivity index (χ0v) is 16.2. The Balaban J connectivity index is 1.55. The van der Waals surface area contributed by atoms with Crippen LogP contribution >= 0.6 is 0 Å². The number of nitrogens with one attached hydrogen (secondary N) is 2. The molecule has 8 heteroatoms. The fourth-order valence-corrected chi connectivity index (χ4v) is 3.68. The Hall–Kier alpha value is -2.38. The standard InChI is InChI=1S/C19H29N5O3/c1-3-27-19(26)24-10-8-15(9-11-24)21-17(25)16-12-13(2)20-18(23-16)22-14-6-4-5-7-14/h12,14-15H,3-11H2,1-2H3,(H,21,25)(H,20,22,23). The van der Waals surface area contributed by atoms with E-state index >= 15 is 0 Å². The second-order valence-corrected chi connectivity index (χ2v) is 7.28. The highest BCUT2D eigenvalue weighted by molar-refractivity contribution is 5.92. The van der Waals surface area contributed by atoms with Crippen molar-refractivity contribution < 1.29 is 14.3 Å². The van der Waals surface area contributed by atoms with E-state index in [0.717, 1.165) is 18.5 Å². The highest BCUT2D eigenvalue weighted by Crippen LogP contribution is 2.21. The molecule has 1 saturated heterocycles. The number of aromatic nitrogens is 2. The third kappa shape index (κ3) is 5.30. The summed E-state index contributed by atoms with van der Waals surface area (Å²) in [6.45, 7) is 5.21. The van der Waals surface area contributed by atoms with Gasteiger partial charge in [0.05, 0.1) is 6.61 Å². The monoisotopic (exact) mass is 375 g/mol. The second kappa shape index (κ2) is 9.01. The maximum absolute atomic E-state index is 12.6. The van der Waals surface area contributed by atoms with Gasteiger partial charge >= 0.3 is 6.09 Å². The Labute approximate surface area is 160 Å². The average Bonchev–Trinajstić information content (AvgIpc) is 3.15. The minimum absolute atomic E-state index is 0.0321. The first kappa shape index (κ1) is 19.4. The number of amides is 2. The summed E-state index contributed by atoms with van der Waals surface area (Å²) in [5.74, 6) is 0.341. The van der Waals surface area contributed by atoms with Crippen LogP contribution in [0, 0.1) is 6.92 Å². The van der Waals surface area contributed by atoms with Crippen LogP contribution < -0.4 is 10.6 Å². The molecule has 0 unspecified atom stereocenters. The van der Waals surface area contributed by atoms with Crippen LogP contribution in [0.15, 0.2) is 6.07 Å². The van der Waals surface area contributed by atoms with E-state index < -0.39 is 0 Å². The number of nitrogens with zero attached hydrogens (tertiary/aromatic N) is 3. The van der Waals surface area contributed by atoms with Crippen molar-refractivity contribution in [1.29, 1.82) is 0 Å². The van der Waals surface area contributed by atoms with Crippen LogP contribution in [-0.4, -0.2) is 58.6 Å². The molecule has 1 saturated carbocycles. The van der Waals surface area contributed by atoms with Crippen LogP contribution in [0.25, 0.3) is 0 Å². The quantitative estimate of drug-likeness (QED) is 0.821. The molecule has 2 aliphatic rings. The molecular weight excluding hydrogens is 346 g/mol. The summed E-state index contributed by atoms with van der Waals surface area (Å²) in [6, 6.07) is 2.14. The molecule has 3 rings (SSSR count).